The van der Waals surface area contributed by atoms with Crippen molar-refractivity contribution in [2.75, 3.05) is 18.4 Å². The van der Waals surface area contributed by atoms with Crippen LogP contribution < -0.4 is 10.6 Å². The lowest BCUT2D eigenvalue weighted by Gasteiger charge is -2.38. The molecule has 0 spiro atoms. The standard InChI is InChI=1S/C20H21N3O5S/c1-2-19(24)21-17-12-23(13-17)29(26,27)18-10-6-9-16(11-18)22-20(25)28-14-15-7-4-3-5-8-15/h2-11,17H,1,12-14H2,(H,21,24)(H,22,25). The summed E-state index contributed by atoms with van der Waals surface area (Å²) in [6.07, 6.45) is 0.461. The van der Waals surface area contributed by atoms with Crippen LogP contribution in [0.3, 0.4) is 0 Å². The summed E-state index contributed by atoms with van der Waals surface area (Å²) < 4.78 is 31.8. The van der Waals surface area contributed by atoms with Crippen LogP contribution in [0.25, 0.3) is 0 Å². The molecule has 1 aliphatic heterocycles. The van der Waals surface area contributed by atoms with E-state index in [1.54, 1.807) is 6.07 Å². The Kier molecular flexibility index (Phi) is 6.30. The number of nitrogens with zero attached hydrogens (tertiary/aromatic N) is 1. The molecule has 8 nitrogen and oxygen atoms in total. The summed E-state index contributed by atoms with van der Waals surface area (Å²) in [5.41, 5.74) is 1.15. The Morgan fingerprint density at radius 1 is 1.14 bits per heavy atom. The Hall–Kier alpha value is -3.17. The van der Waals surface area contributed by atoms with Crippen LogP contribution in [0, 0.1) is 0 Å². The molecule has 0 saturated carbocycles. The van der Waals surface area contributed by atoms with E-state index in [-0.39, 0.29) is 36.5 Å². The maximum absolute atomic E-state index is 12.7. The van der Waals surface area contributed by atoms with Gasteiger partial charge in [-0.3, -0.25) is 10.1 Å². The molecule has 9 heteroatoms. The number of sulfonamides is 1. The predicted octanol–water partition coefficient (Wildman–Crippen LogP) is 2.11. The first-order chi connectivity index (χ1) is 13.9. The van der Waals surface area contributed by atoms with Gasteiger partial charge in [0.1, 0.15) is 6.61 Å². The van der Waals surface area contributed by atoms with E-state index in [0.717, 1.165) is 11.6 Å². The van der Waals surface area contributed by atoms with Crippen molar-refractivity contribution in [1.29, 1.82) is 0 Å². The molecule has 1 fully saturated rings. The first kappa shape index (κ1) is 20.6. The van der Waals surface area contributed by atoms with Crippen molar-refractivity contribution in [3.05, 3.63) is 72.8 Å². The predicted molar refractivity (Wildman–Crippen MR) is 108 cm³/mol. The van der Waals surface area contributed by atoms with Gasteiger partial charge in [0, 0.05) is 18.8 Å². The van der Waals surface area contributed by atoms with Crippen molar-refractivity contribution < 1.29 is 22.7 Å². The second-order valence-corrected chi connectivity index (χ2v) is 8.38. The molecule has 3 rings (SSSR count). The van der Waals surface area contributed by atoms with Gasteiger partial charge in [0.2, 0.25) is 15.9 Å². The lowest BCUT2D eigenvalue weighted by Crippen LogP contribution is -2.60. The molecule has 0 aliphatic carbocycles. The molecule has 1 saturated heterocycles. The smallest absolute Gasteiger partial charge is 0.411 e. The third kappa shape index (κ3) is 5.21. The van der Waals surface area contributed by atoms with Crippen LogP contribution in [-0.4, -0.2) is 43.9 Å². The van der Waals surface area contributed by atoms with Crippen LogP contribution >= 0.6 is 0 Å². The van der Waals surface area contributed by atoms with Crippen LogP contribution in [0.2, 0.25) is 0 Å². The molecule has 29 heavy (non-hydrogen) atoms. The van der Waals surface area contributed by atoms with E-state index in [4.69, 9.17) is 4.74 Å². The highest BCUT2D eigenvalue weighted by Gasteiger charge is 2.37. The first-order valence-electron chi connectivity index (χ1n) is 8.89. The first-order valence-corrected chi connectivity index (χ1v) is 10.3. The lowest BCUT2D eigenvalue weighted by atomic mass is 10.2. The Labute approximate surface area is 169 Å². The molecule has 152 valence electrons. The van der Waals surface area contributed by atoms with Crippen LogP contribution in [0.15, 0.2) is 72.1 Å². The molecular weight excluding hydrogens is 394 g/mol. The van der Waals surface area contributed by atoms with Gasteiger partial charge in [-0.1, -0.05) is 43.0 Å². The number of rotatable bonds is 7. The topological polar surface area (TPSA) is 105 Å². The normalized spacial score (nSPS) is 14.5. The minimum absolute atomic E-state index is 0.0480. The van der Waals surface area contributed by atoms with Gasteiger partial charge in [-0.2, -0.15) is 4.31 Å². The second-order valence-electron chi connectivity index (χ2n) is 6.45. The zero-order valence-electron chi connectivity index (χ0n) is 15.6. The zero-order chi connectivity index (χ0) is 20.9. The number of benzene rings is 2. The highest BCUT2D eigenvalue weighted by molar-refractivity contribution is 7.89. The van der Waals surface area contributed by atoms with E-state index in [1.807, 2.05) is 30.3 Å². The molecule has 0 aromatic heterocycles. The molecule has 0 atom stereocenters. The van der Waals surface area contributed by atoms with E-state index < -0.39 is 16.1 Å². The Balaban J connectivity index is 1.58. The summed E-state index contributed by atoms with van der Waals surface area (Å²) in [5.74, 6) is -0.340. The zero-order valence-corrected chi connectivity index (χ0v) is 16.4. The number of carbonyl (C=O) groups excluding carboxylic acids is 2. The Bertz CT molecular complexity index is 1000. The highest BCUT2D eigenvalue weighted by Crippen LogP contribution is 2.24. The average molecular weight is 415 g/mol. The number of anilines is 1. The summed E-state index contributed by atoms with van der Waals surface area (Å²) in [4.78, 5) is 23.3. The van der Waals surface area contributed by atoms with Gasteiger partial charge in [-0.25, -0.2) is 13.2 Å². The van der Waals surface area contributed by atoms with E-state index in [0.29, 0.717) is 5.69 Å². The van der Waals surface area contributed by atoms with Gasteiger partial charge < -0.3 is 10.1 Å². The number of hydrogen-bond acceptors (Lipinski definition) is 5. The minimum Gasteiger partial charge on any atom is -0.444 e. The van der Waals surface area contributed by atoms with Crippen molar-refractivity contribution in [2.24, 2.45) is 0 Å². The van der Waals surface area contributed by atoms with Gasteiger partial charge in [0.15, 0.2) is 0 Å². The quantitative estimate of drug-likeness (QED) is 0.674. The molecule has 0 bridgehead atoms. The van der Waals surface area contributed by atoms with Gasteiger partial charge in [0.25, 0.3) is 0 Å². The summed E-state index contributed by atoms with van der Waals surface area (Å²) in [6, 6.07) is 14.9. The molecule has 2 aromatic rings. The number of carbonyl (C=O) groups is 2. The van der Waals surface area contributed by atoms with Crippen LogP contribution in [0.4, 0.5) is 10.5 Å². The summed E-state index contributed by atoms with van der Waals surface area (Å²) in [5, 5.41) is 5.18. The molecule has 2 amide bonds. The molecule has 0 unspecified atom stereocenters. The number of hydrogen-bond donors (Lipinski definition) is 2. The number of ether oxygens (including phenoxy) is 1. The van der Waals surface area contributed by atoms with Crippen molar-refractivity contribution in [3.63, 3.8) is 0 Å². The molecule has 2 N–H and O–H groups in total. The van der Waals surface area contributed by atoms with Gasteiger partial charge in [-0.15, -0.1) is 0 Å². The molecular formula is C20H21N3O5S. The molecule has 1 heterocycles. The SMILES string of the molecule is C=CC(=O)NC1CN(S(=O)(=O)c2cccc(NC(=O)OCc3ccccc3)c2)C1. The maximum atomic E-state index is 12.7. The molecule has 1 aliphatic rings. The van der Waals surface area contributed by atoms with E-state index in [9.17, 15) is 18.0 Å². The van der Waals surface area contributed by atoms with Gasteiger partial charge in [0.05, 0.1) is 10.9 Å². The fraction of sp³-hybridized carbons (Fsp3) is 0.200. The van der Waals surface area contributed by atoms with E-state index in [2.05, 4.69) is 17.2 Å². The molecule has 0 radical (unpaired) electrons. The fourth-order valence-corrected chi connectivity index (χ4v) is 4.32. The third-order valence-corrected chi connectivity index (χ3v) is 6.14. The fourth-order valence-electron chi connectivity index (χ4n) is 2.75. The van der Waals surface area contributed by atoms with Crippen molar-refractivity contribution in [1.82, 2.24) is 9.62 Å². The molecule has 2 aromatic carbocycles. The minimum atomic E-state index is -3.73. The third-order valence-electron chi connectivity index (χ3n) is 4.31. The lowest BCUT2D eigenvalue weighted by molar-refractivity contribution is -0.117. The van der Waals surface area contributed by atoms with Gasteiger partial charge in [-0.05, 0) is 29.8 Å². The van der Waals surface area contributed by atoms with E-state index in [1.165, 1.54) is 22.5 Å². The summed E-state index contributed by atoms with van der Waals surface area (Å²) in [6.45, 7) is 3.83. The van der Waals surface area contributed by atoms with Crippen LogP contribution in [-0.2, 0) is 26.2 Å². The number of nitrogens with one attached hydrogen (secondary N) is 2. The summed E-state index contributed by atoms with van der Waals surface area (Å²) in [7, 11) is -3.73. The van der Waals surface area contributed by atoms with E-state index >= 15 is 0 Å². The Morgan fingerprint density at radius 3 is 2.55 bits per heavy atom. The van der Waals surface area contributed by atoms with Crippen molar-refractivity contribution in [2.45, 2.75) is 17.5 Å². The monoisotopic (exact) mass is 415 g/mol. The summed E-state index contributed by atoms with van der Waals surface area (Å²) >= 11 is 0. The average Bonchev–Trinajstić information content (AvgIpc) is 2.69. The Morgan fingerprint density at radius 2 is 1.86 bits per heavy atom. The number of amides is 2. The maximum Gasteiger partial charge on any atom is 0.411 e. The van der Waals surface area contributed by atoms with Crippen molar-refractivity contribution >= 4 is 27.7 Å². The highest BCUT2D eigenvalue weighted by atomic mass is 32.2. The van der Waals surface area contributed by atoms with Crippen LogP contribution in [0.1, 0.15) is 5.56 Å². The van der Waals surface area contributed by atoms with Crippen molar-refractivity contribution in [3.8, 4) is 0 Å². The van der Waals surface area contributed by atoms with Gasteiger partial charge >= 0.3 is 6.09 Å². The largest absolute Gasteiger partial charge is 0.444 e. The second kappa shape index (κ2) is 8.89. The van der Waals surface area contributed by atoms with Crippen LogP contribution in [0.5, 0.6) is 0 Å².